The van der Waals surface area contributed by atoms with Crippen molar-refractivity contribution < 1.29 is 21.1 Å². The number of carboxylic acid groups (broad SMARTS) is 1. The summed E-state index contributed by atoms with van der Waals surface area (Å²) < 4.78 is 0. The third kappa shape index (κ3) is 6.57. The number of quaternary nitrogens is 1. The second-order valence-electron chi connectivity index (χ2n) is 3.53. The third-order valence-corrected chi connectivity index (χ3v) is 2.46. The van der Waals surface area contributed by atoms with E-state index in [4.69, 9.17) is 11.6 Å². The van der Waals surface area contributed by atoms with Gasteiger partial charge in [0.15, 0.2) is 0 Å². The van der Waals surface area contributed by atoms with Crippen LogP contribution in [-0.4, -0.2) is 11.4 Å². The van der Waals surface area contributed by atoms with Crippen LogP contribution in [0, 0.1) is 0 Å². The van der Waals surface area contributed by atoms with Crippen LogP contribution in [0.15, 0.2) is 54.6 Å². The lowest BCUT2D eigenvalue weighted by atomic mass is 10.2. The van der Waals surface area contributed by atoms with Crippen LogP contribution in [-0.2, 0) is 6.54 Å². The number of carbonyl (C=O) groups is 1. The second kappa shape index (κ2) is 9.10. The lowest BCUT2D eigenvalue weighted by Gasteiger charge is -1.97. The zero-order chi connectivity index (χ0) is 13.4. The third-order valence-electron chi connectivity index (χ3n) is 2.21. The highest BCUT2D eigenvalue weighted by molar-refractivity contribution is 6.30. The van der Waals surface area contributed by atoms with Gasteiger partial charge in [0.2, 0.25) is 0 Å². The van der Waals surface area contributed by atoms with Crippen molar-refractivity contribution >= 4 is 17.6 Å². The molecule has 5 N–H and O–H groups in total. The molecule has 102 valence electrons. The van der Waals surface area contributed by atoms with Gasteiger partial charge in [-0.3, -0.25) is 0 Å². The molecule has 0 bridgehead atoms. The summed E-state index contributed by atoms with van der Waals surface area (Å²) in [5.74, 6) is -1.13. The highest BCUT2D eigenvalue weighted by atomic mass is 35.5. The van der Waals surface area contributed by atoms with Crippen molar-refractivity contribution in [2.45, 2.75) is 6.54 Å². The molecule has 0 aromatic heterocycles. The van der Waals surface area contributed by atoms with Gasteiger partial charge in [0.1, 0.15) is 0 Å². The number of aromatic carboxylic acids is 1. The number of rotatable bonds is 2. The maximum Gasteiger partial charge on any atom is 0.0997 e. The van der Waals surface area contributed by atoms with E-state index in [-0.39, 0.29) is 11.0 Å². The molecule has 2 rings (SSSR count). The first-order chi connectivity index (χ1) is 8.63. The number of carboxylic acids is 1. The Morgan fingerprint density at radius 2 is 1.58 bits per heavy atom. The fourth-order valence-electron chi connectivity index (χ4n) is 1.23. The highest BCUT2D eigenvalue weighted by Gasteiger charge is 1.88. The molecular formula is C14H16ClNO3. The quantitative estimate of drug-likeness (QED) is 0.856. The molecule has 0 radical (unpaired) electrons. The molecule has 0 fully saturated rings. The van der Waals surface area contributed by atoms with E-state index >= 15 is 0 Å². The van der Waals surface area contributed by atoms with Crippen LogP contribution in [0.3, 0.4) is 0 Å². The number of hydrogen-bond acceptors (Lipinski definition) is 2. The molecule has 4 nitrogen and oxygen atoms in total. The topological polar surface area (TPSA) is 99.3 Å². The van der Waals surface area contributed by atoms with Gasteiger partial charge in [-0.25, -0.2) is 0 Å². The Morgan fingerprint density at radius 3 is 1.95 bits per heavy atom. The van der Waals surface area contributed by atoms with Crippen LogP contribution < -0.4 is 10.8 Å². The molecule has 0 saturated heterocycles. The Balaban J connectivity index is 0.000000324. The molecule has 0 atom stereocenters. The number of hydrogen-bond donors (Lipinski definition) is 1. The average molecular weight is 282 g/mol. The predicted molar refractivity (Wildman–Crippen MR) is 72.4 cm³/mol. The molecule has 19 heavy (non-hydrogen) atoms. The van der Waals surface area contributed by atoms with E-state index in [0.29, 0.717) is 0 Å². The smallest absolute Gasteiger partial charge is 0.0997 e. The van der Waals surface area contributed by atoms with Crippen LogP contribution in [0.2, 0.25) is 5.02 Å². The molecule has 2 aromatic rings. The molecule has 0 aliphatic carbocycles. The molecule has 0 saturated carbocycles. The van der Waals surface area contributed by atoms with E-state index in [0.717, 1.165) is 11.6 Å². The van der Waals surface area contributed by atoms with Crippen molar-refractivity contribution in [2.24, 2.45) is 0 Å². The van der Waals surface area contributed by atoms with E-state index in [2.05, 4.69) is 5.73 Å². The van der Waals surface area contributed by atoms with Gasteiger partial charge in [-0.1, -0.05) is 54.1 Å². The van der Waals surface area contributed by atoms with E-state index in [1.165, 1.54) is 17.7 Å². The van der Waals surface area contributed by atoms with Crippen molar-refractivity contribution in [3.05, 3.63) is 70.7 Å². The molecular weight excluding hydrogens is 266 g/mol. The van der Waals surface area contributed by atoms with Gasteiger partial charge >= 0.3 is 0 Å². The molecule has 0 heterocycles. The average Bonchev–Trinajstić information content (AvgIpc) is 2.41. The zero-order valence-corrected chi connectivity index (χ0v) is 11.1. The van der Waals surface area contributed by atoms with Crippen LogP contribution in [0.25, 0.3) is 0 Å². The minimum atomic E-state index is -1.13. The van der Waals surface area contributed by atoms with Gasteiger partial charge in [0, 0.05) is 10.6 Å². The Kier molecular flexibility index (Phi) is 8.20. The van der Waals surface area contributed by atoms with Gasteiger partial charge in [-0.05, 0) is 17.7 Å². The van der Waals surface area contributed by atoms with Gasteiger partial charge in [0.05, 0.1) is 12.5 Å². The first-order valence-electron chi connectivity index (χ1n) is 5.43. The van der Waals surface area contributed by atoms with Crippen molar-refractivity contribution in [2.75, 3.05) is 0 Å². The van der Waals surface area contributed by atoms with Gasteiger partial charge in [0.25, 0.3) is 0 Å². The molecule has 5 heteroatoms. The van der Waals surface area contributed by atoms with E-state index in [1.54, 1.807) is 18.2 Å². The van der Waals surface area contributed by atoms with Crippen molar-refractivity contribution in [3.63, 3.8) is 0 Å². The van der Waals surface area contributed by atoms with E-state index in [1.807, 2.05) is 24.3 Å². The van der Waals surface area contributed by atoms with Gasteiger partial charge in [-0.15, -0.1) is 0 Å². The van der Waals surface area contributed by atoms with Crippen LogP contribution >= 0.6 is 11.6 Å². The normalized spacial score (nSPS) is 8.74. The standard InChI is InChI=1S/C7H8ClN.C7H6O2.H2O/c8-7-3-1-6(5-9)2-4-7;8-7(9)6-4-2-1-3-5-6;/h1-4H,5,9H2;1-5H,(H,8,9);1H2. The molecule has 0 unspecified atom stereocenters. The Labute approximate surface area is 116 Å². The van der Waals surface area contributed by atoms with Crippen LogP contribution in [0.4, 0.5) is 0 Å². The SMILES string of the molecule is O.O=C([O-])c1ccccc1.[NH3+]Cc1ccc(Cl)cc1. The largest absolute Gasteiger partial charge is 0.545 e. The van der Waals surface area contributed by atoms with Crippen molar-refractivity contribution in [3.8, 4) is 0 Å². The highest BCUT2D eigenvalue weighted by Crippen LogP contribution is 2.07. The molecule has 2 aromatic carbocycles. The number of carbonyl (C=O) groups excluding carboxylic acids is 1. The monoisotopic (exact) mass is 281 g/mol. The van der Waals surface area contributed by atoms with Crippen molar-refractivity contribution in [1.82, 2.24) is 0 Å². The minimum absolute atomic E-state index is 0. The Bertz CT molecular complexity index is 486. The molecule has 0 spiro atoms. The predicted octanol–water partition coefficient (Wildman–Crippen LogP) is 0.307. The fraction of sp³-hybridized carbons (Fsp3) is 0.0714. The number of benzene rings is 2. The Morgan fingerprint density at radius 1 is 1.05 bits per heavy atom. The van der Waals surface area contributed by atoms with Crippen LogP contribution in [0.5, 0.6) is 0 Å². The molecule has 0 amide bonds. The second-order valence-corrected chi connectivity index (χ2v) is 3.97. The molecule has 0 aliphatic rings. The maximum absolute atomic E-state index is 10.1. The van der Waals surface area contributed by atoms with Gasteiger partial charge in [-0.2, -0.15) is 0 Å². The summed E-state index contributed by atoms with van der Waals surface area (Å²) in [7, 11) is 0. The zero-order valence-electron chi connectivity index (χ0n) is 10.3. The summed E-state index contributed by atoms with van der Waals surface area (Å²) in [5.41, 5.74) is 5.18. The Hall–Kier alpha value is -1.88. The summed E-state index contributed by atoms with van der Waals surface area (Å²) in [5, 5.41) is 10.9. The fourth-order valence-corrected chi connectivity index (χ4v) is 1.35. The van der Waals surface area contributed by atoms with Gasteiger partial charge < -0.3 is 21.1 Å². The lowest BCUT2D eigenvalue weighted by molar-refractivity contribution is -0.386. The first-order valence-corrected chi connectivity index (χ1v) is 5.81. The number of halogens is 1. The van der Waals surface area contributed by atoms with E-state index in [9.17, 15) is 9.90 Å². The van der Waals surface area contributed by atoms with Crippen molar-refractivity contribution in [1.29, 1.82) is 0 Å². The minimum Gasteiger partial charge on any atom is -0.545 e. The van der Waals surface area contributed by atoms with E-state index < -0.39 is 5.97 Å². The van der Waals surface area contributed by atoms with Crippen LogP contribution in [0.1, 0.15) is 15.9 Å². The summed E-state index contributed by atoms with van der Waals surface area (Å²) in [6, 6.07) is 15.8. The summed E-state index contributed by atoms with van der Waals surface area (Å²) in [4.78, 5) is 10.1. The maximum atomic E-state index is 10.1. The summed E-state index contributed by atoms with van der Waals surface area (Å²) in [6.07, 6.45) is 0. The lowest BCUT2D eigenvalue weighted by Crippen LogP contribution is -2.47. The molecule has 0 aliphatic heterocycles. The summed E-state index contributed by atoms with van der Waals surface area (Å²) >= 11 is 5.65. The summed E-state index contributed by atoms with van der Waals surface area (Å²) in [6.45, 7) is 0.831. The first kappa shape index (κ1) is 17.1.